The van der Waals surface area contributed by atoms with Crippen molar-refractivity contribution in [1.82, 2.24) is 10.2 Å². The maximum Gasteiger partial charge on any atom is 0.324 e. The third-order valence-corrected chi connectivity index (χ3v) is 3.24. The second-order valence-electron chi connectivity index (χ2n) is 5.01. The van der Waals surface area contributed by atoms with Crippen LogP contribution in [0.4, 0.5) is 4.79 Å². The molecule has 1 fully saturated rings. The number of aliphatic hydroxyl groups excluding tert-OH is 1. The smallest absolute Gasteiger partial charge is 0.324 e. The summed E-state index contributed by atoms with van der Waals surface area (Å²) in [6, 6.07) is 8.29. The van der Waals surface area contributed by atoms with E-state index in [2.05, 4.69) is 11.2 Å². The van der Waals surface area contributed by atoms with E-state index in [1.54, 1.807) is 0 Å². The molecule has 0 radical (unpaired) electrons. The maximum atomic E-state index is 11.9. The lowest BCUT2D eigenvalue weighted by molar-refractivity contribution is -0.128. The molecule has 0 aromatic heterocycles. The number of hydrogen-bond donors (Lipinski definition) is 2. The van der Waals surface area contributed by atoms with Crippen LogP contribution in [0, 0.1) is 12.3 Å². The van der Waals surface area contributed by atoms with Gasteiger partial charge in [0.25, 0.3) is 5.91 Å². The Balaban J connectivity index is 1.77. The average Bonchev–Trinajstić information content (AvgIpc) is 2.76. The molecule has 116 valence electrons. The van der Waals surface area contributed by atoms with Gasteiger partial charge in [0.15, 0.2) is 0 Å². The zero-order chi connectivity index (χ0) is 15.9. The van der Waals surface area contributed by atoms with Crippen LogP contribution in [-0.4, -0.2) is 47.2 Å². The van der Waals surface area contributed by atoms with Gasteiger partial charge in [-0.25, -0.2) is 4.79 Å². The number of urea groups is 1. The number of benzene rings is 1. The number of amides is 3. The Kier molecular flexibility index (Phi) is 5.53. The third-order valence-electron chi connectivity index (χ3n) is 3.24. The largest absolute Gasteiger partial charge is 0.389 e. The lowest BCUT2D eigenvalue weighted by Gasteiger charge is -2.17. The second kappa shape index (κ2) is 7.59. The Hall–Kier alpha value is -2.36. The zero-order valence-corrected chi connectivity index (χ0v) is 12.1. The van der Waals surface area contributed by atoms with Gasteiger partial charge in [-0.2, -0.15) is 0 Å². The molecule has 0 unspecified atom stereocenters. The molecule has 6 heteroatoms. The summed E-state index contributed by atoms with van der Waals surface area (Å²) in [5.41, 5.74) is 0.985. The molecule has 0 bridgehead atoms. The van der Waals surface area contributed by atoms with Crippen LogP contribution in [0.15, 0.2) is 30.3 Å². The van der Waals surface area contributed by atoms with E-state index in [-0.39, 0.29) is 19.6 Å². The molecular formula is C16H18N2O4. The fraction of sp³-hybridized carbons (Fsp3) is 0.375. The van der Waals surface area contributed by atoms with Crippen LogP contribution in [0.5, 0.6) is 0 Å². The number of ether oxygens (including phenoxy) is 1. The molecule has 0 spiro atoms. The number of nitrogens with zero attached hydrogens (tertiary/aromatic N) is 1. The number of carbonyl (C=O) groups excluding carboxylic acids is 2. The summed E-state index contributed by atoms with van der Waals surface area (Å²) in [5.74, 6) is 1.93. The predicted octanol–water partition coefficient (Wildman–Crippen LogP) is 0.508. The van der Waals surface area contributed by atoms with Crippen molar-refractivity contribution in [1.29, 1.82) is 0 Å². The van der Waals surface area contributed by atoms with Crippen LogP contribution in [0.2, 0.25) is 0 Å². The van der Waals surface area contributed by atoms with Crippen molar-refractivity contribution in [2.75, 3.05) is 13.2 Å². The fourth-order valence-corrected chi connectivity index (χ4v) is 2.16. The topological polar surface area (TPSA) is 78.9 Å². The molecule has 22 heavy (non-hydrogen) atoms. The van der Waals surface area contributed by atoms with E-state index in [9.17, 15) is 14.7 Å². The lowest BCUT2D eigenvalue weighted by atomic mass is 10.2. The van der Waals surface area contributed by atoms with Gasteiger partial charge in [-0.1, -0.05) is 30.3 Å². The lowest BCUT2D eigenvalue weighted by Crippen LogP contribution is -2.39. The van der Waals surface area contributed by atoms with Crippen molar-refractivity contribution >= 4 is 11.9 Å². The summed E-state index contributed by atoms with van der Waals surface area (Å²) in [4.78, 5) is 24.6. The Morgan fingerprint density at radius 3 is 2.77 bits per heavy atom. The van der Waals surface area contributed by atoms with Gasteiger partial charge >= 0.3 is 6.03 Å². The predicted molar refractivity (Wildman–Crippen MR) is 79.6 cm³/mol. The van der Waals surface area contributed by atoms with Gasteiger partial charge in [-0.15, -0.1) is 12.3 Å². The van der Waals surface area contributed by atoms with Crippen LogP contribution >= 0.6 is 0 Å². The number of hydrogen-bond acceptors (Lipinski definition) is 4. The Morgan fingerprint density at radius 2 is 2.09 bits per heavy atom. The van der Waals surface area contributed by atoms with Gasteiger partial charge in [0, 0.05) is 6.42 Å². The monoisotopic (exact) mass is 302 g/mol. The summed E-state index contributed by atoms with van der Waals surface area (Å²) in [6.07, 6.45) is 4.34. The number of imide groups is 1. The molecular weight excluding hydrogens is 284 g/mol. The van der Waals surface area contributed by atoms with Crippen molar-refractivity contribution in [2.24, 2.45) is 0 Å². The van der Waals surface area contributed by atoms with Crippen molar-refractivity contribution in [2.45, 2.75) is 25.2 Å². The summed E-state index contributed by atoms with van der Waals surface area (Å²) in [5, 5.41) is 12.4. The minimum absolute atomic E-state index is 0.0335. The van der Waals surface area contributed by atoms with Crippen LogP contribution in [0.25, 0.3) is 0 Å². The van der Waals surface area contributed by atoms with Gasteiger partial charge in [0.1, 0.15) is 6.04 Å². The van der Waals surface area contributed by atoms with Crippen molar-refractivity contribution < 1.29 is 19.4 Å². The number of β-amino-alcohol motifs (C(OH)–C–C–N with tert-alkyl or cyclic N) is 1. The summed E-state index contributed by atoms with van der Waals surface area (Å²) in [7, 11) is 0. The van der Waals surface area contributed by atoms with Crippen molar-refractivity contribution in [3.63, 3.8) is 0 Å². The van der Waals surface area contributed by atoms with E-state index in [0.29, 0.717) is 6.61 Å². The van der Waals surface area contributed by atoms with Crippen molar-refractivity contribution in [3.05, 3.63) is 35.9 Å². The summed E-state index contributed by atoms with van der Waals surface area (Å²) in [6.45, 7) is 0.282. The first-order valence-electron chi connectivity index (χ1n) is 6.97. The van der Waals surface area contributed by atoms with E-state index >= 15 is 0 Å². The van der Waals surface area contributed by atoms with Gasteiger partial charge in [-0.05, 0) is 5.56 Å². The number of rotatable bonds is 7. The molecule has 1 saturated heterocycles. The first-order valence-corrected chi connectivity index (χ1v) is 6.97. The first-order chi connectivity index (χ1) is 10.6. The van der Waals surface area contributed by atoms with E-state index < -0.39 is 24.1 Å². The minimum Gasteiger partial charge on any atom is -0.389 e. The molecule has 0 aliphatic carbocycles. The van der Waals surface area contributed by atoms with Gasteiger partial charge in [0.05, 0.1) is 25.9 Å². The molecule has 1 aliphatic rings. The zero-order valence-electron chi connectivity index (χ0n) is 12.1. The third kappa shape index (κ3) is 4.07. The molecule has 3 amide bonds. The van der Waals surface area contributed by atoms with Gasteiger partial charge < -0.3 is 15.2 Å². The number of carbonyl (C=O) groups is 2. The molecule has 2 N–H and O–H groups in total. The Bertz CT molecular complexity index is 567. The molecule has 1 heterocycles. The average molecular weight is 302 g/mol. The number of aliphatic hydroxyl groups is 1. The van der Waals surface area contributed by atoms with Gasteiger partial charge in [-0.3, -0.25) is 9.69 Å². The van der Waals surface area contributed by atoms with E-state index in [1.165, 1.54) is 0 Å². The first kappa shape index (κ1) is 16.0. The molecule has 1 aromatic rings. The molecule has 2 rings (SSSR count). The summed E-state index contributed by atoms with van der Waals surface area (Å²) >= 11 is 0. The molecule has 2 atom stereocenters. The van der Waals surface area contributed by atoms with Crippen LogP contribution in [0.3, 0.4) is 0 Å². The van der Waals surface area contributed by atoms with Crippen molar-refractivity contribution in [3.8, 4) is 12.3 Å². The van der Waals surface area contributed by atoms with E-state index in [4.69, 9.17) is 11.2 Å². The molecule has 0 saturated carbocycles. The second-order valence-corrected chi connectivity index (χ2v) is 5.01. The van der Waals surface area contributed by atoms with Gasteiger partial charge in [0.2, 0.25) is 0 Å². The highest BCUT2D eigenvalue weighted by atomic mass is 16.5. The highest BCUT2D eigenvalue weighted by Crippen LogP contribution is 2.10. The molecule has 1 aromatic carbocycles. The number of terminal acetylenes is 1. The molecule has 6 nitrogen and oxygen atoms in total. The molecule has 1 aliphatic heterocycles. The normalized spacial score (nSPS) is 18.9. The summed E-state index contributed by atoms with van der Waals surface area (Å²) < 4.78 is 5.38. The number of nitrogens with one attached hydrogen (secondary N) is 1. The van der Waals surface area contributed by atoms with Crippen LogP contribution < -0.4 is 5.32 Å². The highest BCUT2D eigenvalue weighted by Gasteiger charge is 2.38. The Morgan fingerprint density at radius 1 is 1.36 bits per heavy atom. The van der Waals surface area contributed by atoms with E-state index in [1.807, 2.05) is 30.3 Å². The Labute approximate surface area is 129 Å². The van der Waals surface area contributed by atoms with Crippen LogP contribution in [0.1, 0.15) is 12.0 Å². The minimum atomic E-state index is -0.942. The van der Waals surface area contributed by atoms with Crippen LogP contribution in [-0.2, 0) is 16.1 Å². The maximum absolute atomic E-state index is 11.9. The van der Waals surface area contributed by atoms with E-state index in [0.717, 1.165) is 10.5 Å². The quantitative estimate of drug-likeness (QED) is 0.568. The standard InChI is InChI=1S/C16H18N2O4/c1-2-6-14-15(20)18(16(21)17-14)9-13(19)11-22-10-12-7-4-3-5-8-12/h1,3-5,7-8,13-14,19H,6,9-11H2,(H,17,21)/t13-,14-/m1/s1. The SMILES string of the molecule is C#CC[C@H]1NC(=O)N(C[C@@H](O)COCc2ccccc2)C1=O. The highest BCUT2D eigenvalue weighted by molar-refractivity contribution is 6.04. The fourth-order valence-electron chi connectivity index (χ4n) is 2.16.